The highest BCUT2D eigenvalue weighted by molar-refractivity contribution is 5.63. The third-order valence-corrected chi connectivity index (χ3v) is 5.98. The van der Waals surface area contributed by atoms with Gasteiger partial charge in [0.25, 0.3) is 0 Å². The molecule has 1 aliphatic heterocycles. The normalized spacial score (nSPS) is 15.1. The van der Waals surface area contributed by atoms with Gasteiger partial charge < -0.3 is 15.1 Å². The molecule has 0 amide bonds. The van der Waals surface area contributed by atoms with Gasteiger partial charge in [0.15, 0.2) is 0 Å². The maximum atomic E-state index is 4.66. The largest absolute Gasteiger partial charge is 0.369 e. The molecule has 33 heavy (non-hydrogen) atoms. The molecule has 1 aliphatic rings. The summed E-state index contributed by atoms with van der Waals surface area (Å²) in [7, 11) is 4.31. The lowest BCUT2D eigenvalue weighted by molar-refractivity contribution is 0.139. The summed E-state index contributed by atoms with van der Waals surface area (Å²) in [5.74, 6) is 0.609. The number of piperazine rings is 1. The van der Waals surface area contributed by atoms with E-state index in [1.165, 1.54) is 5.69 Å². The average Bonchev–Trinajstić information content (AvgIpc) is 2.80. The van der Waals surface area contributed by atoms with Gasteiger partial charge >= 0.3 is 0 Å². The number of hydrogen-bond donors (Lipinski definition) is 1. The number of anilines is 3. The number of nitrogens with zero attached hydrogens (tertiary/aromatic N) is 5. The Bertz CT molecular complexity index is 1010. The van der Waals surface area contributed by atoms with E-state index in [-0.39, 0.29) is 0 Å². The molecule has 0 unspecified atom stereocenters. The minimum atomic E-state index is 0.304. The molecule has 0 aliphatic carbocycles. The summed E-state index contributed by atoms with van der Waals surface area (Å²) in [6, 6.07) is 20.7. The zero-order valence-electron chi connectivity index (χ0n) is 20.3. The van der Waals surface area contributed by atoms with Crippen LogP contribution in [0.4, 0.5) is 17.3 Å². The van der Waals surface area contributed by atoms with Crippen LogP contribution in [-0.2, 0) is 0 Å². The Morgan fingerprint density at radius 2 is 1.61 bits per heavy atom. The summed E-state index contributed by atoms with van der Waals surface area (Å²) in [4.78, 5) is 16.4. The van der Waals surface area contributed by atoms with Crippen molar-refractivity contribution in [3.05, 3.63) is 66.9 Å². The van der Waals surface area contributed by atoms with Gasteiger partial charge in [-0.05, 0) is 49.8 Å². The lowest BCUT2D eigenvalue weighted by Gasteiger charge is -2.40. The fraction of sp³-hybridized carbons (Fsp3) is 0.407. The zero-order valence-corrected chi connectivity index (χ0v) is 20.3. The molecule has 1 N–H and O–H groups in total. The van der Waals surface area contributed by atoms with Gasteiger partial charge in [0.1, 0.15) is 0 Å². The fourth-order valence-electron chi connectivity index (χ4n) is 4.75. The Kier molecular flexibility index (Phi) is 7.26. The Balaban J connectivity index is 1.32. The van der Waals surface area contributed by atoms with Crippen LogP contribution < -0.4 is 10.2 Å². The predicted octanol–water partition coefficient (Wildman–Crippen LogP) is 4.60. The van der Waals surface area contributed by atoms with Crippen LogP contribution in [-0.4, -0.2) is 73.1 Å². The molecule has 0 bridgehead atoms. The summed E-state index contributed by atoms with van der Waals surface area (Å²) in [6.45, 7) is 11.3. The average molecular weight is 445 g/mol. The van der Waals surface area contributed by atoms with E-state index in [2.05, 4.69) is 94.3 Å². The van der Waals surface area contributed by atoms with E-state index in [0.29, 0.717) is 11.4 Å². The fourth-order valence-corrected chi connectivity index (χ4v) is 4.75. The van der Waals surface area contributed by atoms with E-state index in [1.54, 1.807) is 6.20 Å². The Morgan fingerprint density at radius 3 is 2.27 bits per heavy atom. The van der Waals surface area contributed by atoms with Crippen LogP contribution >= 0.6 is 0 Å². The minimum Gasteiger partial charge on any atom is -0.369 e. The molecule has 0 atom stereocenters. The first-order valence-electron chi connectivity index (χ1n) is 11.8. The molecule has 1 fully saturated rings. The van der Waals surface area contributed by atoms with E-state index in [0.717, 1.165) is 56.2 Å². The first-order valence-corrected chi connectivity index (χ1v) is 11.8. The van der Waals surface area contributed by atoms with Gasteiger partial charge in [0.2, 0.25) is 5.95 Å². The number of aromatic nitrogens is 2. The number of benzene rings is 2. The second-order valence-corrected chi connectivity index (χ2v) is 9.97. The van der Waals surface area contributed by atoms with Gasteiger partial charge in [-0.15, -0.1) is 0 Å². The summed E-state index contributed by atoms with van der Waals surface area (Å²) in [6.07, 6.45) is 1.80. The second-order valence-electron chi connectivity index (χ2n) is 9.97. The summed E-state index contributed by atoms with van der Waals surface area (Å²) in [5.41, 5.74) is 4.57. The van der Waals surface area contributed by atoms with E-state index < -0.39 is 0 Å². The summed E-state index contributed by atoms with van der Waals surface area (Å²) in [5, 5.41) is 3.34. The van der Waals surface area contributed by atoms with Gasteiger partial charge in [-0.25, -0.2) is 9.97 Å². The molecule has 0 spiro atoms. The molecule has 4 rings (SSSR count). The van der Waals surface area contributed by atoms with Crippen LogP contribution in [0.3, 0.4) is 0 Å². The van der Waals surface area contributed by atoms with Crippen molar-refractivity contribution in [1.82, 2.24) is 19.8 Å². The molecule has 3 aromatic rings. The van der Waals surface area contributed by atoms with Crippen molar-refractivity contribution in [3.63, 3.8) is 0 Å². The topological polar surface area (TPSA) is 47.5 Å². The van der Waals surface area contributed by atoms with Crippen molar-refractivity contribution < 1.29 is 0 Å². The lowest BCUT2D eigenvalue weighted by atomic mass is 9.92. The highest BCUT2D eigenvalue weighted by Gasteiger charge is 2.25. The summed E-state index contributed by atoms with van der Waals surface area (Å²) >= 11 is 0. The van der Waals surface area contributed by atoms with E-state index in [9.17, 15) is 0 Å². The van der Waals surface area contributed by atoms with Crippen molar-refractivity contribution in [3.8, 4) is 11.3 Å². The Hall–Kier alpha value is -2.96. The molecular formula is C27H36N6. The molecule has 0 saturated carbocycles. The van der Waals surface area contributed by atoms with Crippen molar-refractivity contribution in [1.29, 1.82) is 0 Å². The molecule has 1 saturated heterocycles. The van der Waals surface area contributed by atoms with Crippen molar-refractivity contribution >= 4 is 17.3 Å². The maximum Gasteiger partial charge on any atom is 0.227 e. The zero-order chi connectivity index (χ0) is 23.3. The summed E-state index contributed by atoms with van der Waals surface area (Å²) < 4.78 is 0. The van der Waals surface area contributed by atoms with Crippen LogP contribution in [0.1, 0.15) is 13.8 Å². The van der Waals surface area contributed by atoms with Gasteiger partial charge in [-0.1, -0.05) is 44.2 Å². The molecule has 2 aromatic carbocycles. The van der Waals surface area contributed by atoms with Gasteiger partial charge in [0, 0.05) is 62.4 Å². The van der Waals surface area contributed by atoms with E-state index in [1.807, 2.05) is 24.3 Å². The van der Waals surface area contributed by atoms with Crippen molar-refractivity contribution in [2.45, 2.75) is 13.8 Å². The molecule has 0 radical (unpaired) electrons. The third kappa shape index (κ3) is 6.53. The van der Waals surface area contributed by atoms with Crippen LogP contribution in [0.25, 0.3) is 11.3 Å². The van der Waals surface area contributed by atoms with E-state index >= 15 is 0 Å². The number of nitrogens with one attached hydrogen (secondary N) is 1. The second kappa shape index (κ2) is 10.3. The molecule has 6 heteroatoms. The maximum absolute atomic E-state index is 4.66. The number of hydrogen-bond acceptors (Lipinski definition) is 6. The standard InChI is InChI=1S/C27H36N6/c1-27(2,20-31(3)4)21-32-16-18-33(19-17-32)24-12-10-23(11-13-24)29-26-28-15-14-25(30-26)22-8-6-5-7-9-22/h5-15H,16-21H2,1-4H3,(H,28,29,30). The third-order valence-electron chi connectivity index (χ3n) is 5.98. The monoisotopic (exact) mass is 444 g/mol. The van der Waals surface area contributed by atoms with Crippen LogP contribution in [0.2, 0.25) is 0 Å². The van der Waals surface area contributed by atoms with Crippen LogP contribution in [0.5, 0.6) is 0 Å². The predicted molar refractivity (Wildman–Crippen MR) is 138 cm³/mol. The minimum absolute atomic E-state index is 0.304. The van der Waals surface area contributed by atoms with Gasteiger partial charge in [-0.2, -0.15) is 0 Å². The highest BCUT2D eigenvalue weighted by atomic mass is 15.3. The first kappa shape index (κ1) is 23.2. The van der Waals surface area contributed by atoms with Crippen molar-refractivity contribution in [2.75, 3.05) is 63.6 Å². The Labute approximate surface area is 198 Å². The number of rotatable bonds is 8. The molecule has 174 valence electrons. The van der Waals surface area contributed by atoms with Crippen molar-refractivity contribution in [2.24, 2.45) is 5.41 Å². The van der Waals surface area contributed by atoms with Crippen LogP contribution in [0, 0.1) is 5.41 Å². The van der Waals surface area contributed by atoms with Crippen LogP contribution in [0.15, 0.2) is 66.9 Å². The lowest BCUT2D eigenvalue weighted by Crippen LogP contribution is -2.50. The van der Waals surface area contributed by atoms with Gasteiger partial charge in [0.05, 0.1) is 5.69 Å². The SMILES string of the molecule is CN(C)CC(C)(C)CN1CCN(c2ccc(Nc3nccc(-c4ccccc4)n3)cc2)CC1. The highest BCUT2D eigenvalue weighted by Crippen LogP contribution is 2.24. The van der Waals surface area contributed by atoms with E-state index in [4.69, 9.17) is 0 Å². The molecule has 1 aromatic heterocycles. The molecule has 2 heterocycles. The molecular weight excluding hydrogens is 408 g/mol. The first-order chi connectivity index (χ1) is 15.9. The Morgan fingerprint density at radius 1 is 0.909 bits per heavy atom. The molecule has 6 nitrogen and oxygen atoms in total. The quantitative estimate of drug-likeness (QED) is 0.548. The van der Waals surface area contributed by atoms with Gasteiger partial charge in [-0.3, -0.25) is 4.90 Å². The smallest absolute Gasteiger partial charge is 0.227 e.